The van der Waals surface area contributed by atoms with Gasteiger partial charge in [-0.1, -0.05) is 6.07 Å². The quantitative estimate of drug-likeness (QED) is 0.345. The lowest BCUT2D eigenvalue weighted by Crippen LogP contribution is -2.58. The first-order valence-corrected chi connectivity index (χ1v) is 13.0. The Morgan fingerprint density at radius 2 is 1.90 bits per heavy atom. The number of urea groups is 1. The molecule has 2 aliphatic rings. The zero-order valence-electron chi connectivity index (χ0n) is 22.0. The molecule has 2 saturated heterocycles. The minimum absolute atomic E-state index is 0.0806. The average molecular weight is 532 g/mol. The summed E-state index contributed by atoms with van der Waals surface area (Å²) in [5, 5.41) is 17.4. The lowest BCUT2D eigenvalue weighted by Gasteiger charge is -2.42. The van der Waals surface area contributed by atoms with Crippen molar-refractivity contribution in [2.45, 2.75) is 51.7 Å². The number of nitrogens with zero attached hydrogens (tertiary/aromatic N) is 8. The number of amides is 2. The summed E-state index contributed by atoms with van der Waals surface area (Å²) in [6.45, 7) is 7.21. The van der Waals surface area contributed by atoms with E-state index in [1.165, 1.54) is 10.9 Å². The highest BCUT2D eigenvalue weighted by atomic mass is 19.1. The standard InChI is InChI=1S/C26H30FN11O/c1-15-9-24(33-25(30-15)32-22-8-16(2)34-35-22)36-13-20-5-6-21(14-36)38(20)26(39)31-17(3)18-4-7-23(28-10-18)37-12-19(27)11-29-37/h4,7-12,17,20-21H,5-6,13-14H2,1-3H3,(H,31,39)(H2,30,32,33,34,35)/t17-,20-,21+/m0/s1. The van der Waals surface area contributed by atoms with Crippen molar-refractivity contribution in [2.75, 3.05) is 23.3 Å². The molecule has 202 valence electrons. The Labute approximate surface area is 224 Å². The molecule has 4 aromatic heterocycles. The summed E-state index contributed by atoms with van der Waals surface area (Å²) < 4.78 is 14.6. The van der Waals surface area contributed by atoms with E-state index in [0.29, 0.717) is 30.7 Å². The highest BCUT2D eigenvalue weighted by Crippen LogP contribution is 2.33. The predicted octanol–water partition coefficient (Wildman–Crippen LogP) is 3.40. The van der Waals surface area contributed by atoms with Gasteiger partial charge in [0.05, 0.1) is 30.5 Å². The monoisotopic (exact) mass is 531 g/mol. The highest BCUT2D eigenvalue weighted by molar-refractivity contribution is 5.76. The van der Waals surface area contributed by atoms with E-state index in [-0.39, 0.29) is 24.2 Å². The summed E-state index contributed by atoms with van der Waals surface area (Å²) in [4.78, 5) is 31.2. The Balaban J connectivity index is 1.10. The molecule has 2 fully saturated rings. The van der Waals surface area contributed by atoms with Crippen LogP contribution in [0.3, 0.4) is 0 Å². The number of hydrogen-bond acceptors (Lipinski definition) is 8. The molecule has 3 atom stereocenters. The van der Waals surface area contributed by atoms with E-state index in [1.54, 1.807) is 12.3 Å². The molecule has 0 aromatic carbocycles. The van der Waals surface area contributed by atoms with Gasteiger partial charge in [0.2, 0.25) is 5.95 Å². The number of aryl methyl sites for hydroxylation is 2. The summed E-state index contributed by atoms with van der Waals surface area (Å²) in [7, 11) is 0. The number of pyridine rings is 1. The number of carbonyl (C=O) groups is 1. The molecule has 0 unspecified atom stereocenters. The fraction of sp³-hybridized carbons (Fsp3) is 0.385. The summed E-state index contributed by atoms with van der Waals surface area (Å²) >= 11 is 0. The average Bonchev–Trinajstić information content (AvgIpc) is 3.60. The summed E-state index contributed by atoms with van der Waals surface area (Å²) in [5.41, 5.74) is 2.66. The van der Waals surface area contributed by atoms with E-state index in [0.717, 1.165) is 41.8 Å². The second kappa shape index (κ2) is 9.97. The van der Waals surface area contributed by atoms with Crippen molar-refractivity contribution in [3.63, 3.8) is 0 Å². The van der Waals surface area contributed by atoms with Crippen LogP contribution in [0.2, 0.25) is 0 Å². The van der Waals surface area contributed by atoms with E-state index in [1.807, 2.05) is 43.9 Å². The number of anilines is 3. The van der Waals surface area contributed by atoms with Crippen LogP contribution in [-0.4, -0.2) is 71.0 Å². The number of rotatable bonds is 6. The van der Waals surface area contributed by atoms with E-state index in [2.05, 4.69) is 40.8 Å². The molecule has 0 radical (unpaired) electrons. The molecular formula is C26H30FN11O. The zero-order valence-corrected chi connectivity index (χ0v) is 22.0. The maximum absolute atomic E-state index is 13.4. The van der Waals surface area contributed by atoms with E-state index in [4.69, 9.17) is 4.98 Å². The van der Waals surface area contributed by atoms with Crippen LogP contribution in [0.1, 0.15) is 42.8 Å². The first-order valence-electron chi connectivity index (χ1n) is 13.0. The van der Waals surface area contributed by atoms with Crippen LogP contribution < -0.4 is 15.5 Å². The van der Waals surface area contributed by atoms with Crippen molar-refractivity contribution in [3.8, 4) is 5.82 Å². The molecule has 6 heterocycles. The van der Waals surface area contributed by atoms with Gasteiger partial charge in [0.1, 0.15) is 5.82 Å². The van der Waals surface area contributed by atoms with Gasteiger partial charge in [0.15, 0.2) is 17.5 Å². The second-order valence-corrected chi connectivity index (χ2v) is 10.2. The molecule has 6 rings (SSSR count). The van der Waals surface area contributed by atoms with Gasteiger partial charge in [-0.3, -0.25) is 5.10 Å². The molecule has 12 nitrogen and oxygen atoms in total. The number of fused-ring (bicyclic) bond motifs is 2. The topological polar surface area (TPSA) is 133 Å². The van der Waals surface area contributed by atoms with Crippen LogP contribution in [0.5, 0.6) is 0 Å². The lowest BCUT2D eigenvalue weighted by molar-refractivity contribution is 0.159. The largest absolute Gasteiger partial charge is 0.352 e. The summed E-state index contributed by atoms with van der Waals surface area (Å²) in [6, 6.07) is 7.36. The van der Waals surface area contributed by atoms with Crippen molar-refractivity contribution < 1.29 is 9.18 Å². The van der Waals surface area contributed by atoms with E-state index >= 15 is 0 Å². The van der Waals surface area contributed by atoms with Crippen molar-refractivity contribution in [1.82, 2.24) is 45.1 Å². The third-order valence-corrected chi connectivity index (χ3v) is 7.22. The Morgan fingerprint density at radius 3 is 2.54 bits per heavy atom. The van der Waals surface area contributed by atoms with Crippen LogP contribution in [-0.2, 0) is 0 Å². The van der Waals surface area contributed by atoms with Crippen LogP contribution >= 0.6 is 0 Å². The van der Waals surface area contributed by atoms with Gasteiger partial charge >= 0.3 is 6.03 Å². The van der Waals surface area contributed by atoms with Gasteiger partial charge in [-0.25, -0.2) is 23.8 Å². The Morgan fingerprint density at radius 1 is 1.10 bits per heavy atom. The van der Waals surface area contributed by atoms with Gasteiger partial charge in [-0.15, -0.1) is 0 Å². The Hall–Kier alpha value is -4.55. The molecule has 4 aromatic rings. The first-order chi connectivity index (χ1) is 18.8. The number of carbonyl (C=O) groups excluding carboxylic acids is 1. The van der Waals surface area contributed by atoms with Crippen LogP contribution in [0, 0.1) is 19.7 Å². The molecule has 0 spiro atoms. The normalized spacial score (nSPS) is 19.3. The molecule has 0 aliphatic carbocycles. The molecule has 39 heavy (non-hydrogen) atoms. The highest BCUT2D eigenvalue weighted by Gasteiger charge is 2.43. The predicted molar refractivity (Wildman–Crippen MR) is 143 cm³/mol. The van der Waals surface area contributed by atoms with Crippen molar-refractivity contribution >= 4 is 23.6 Å². The van der Waals surface area contributed by atoms with Crippen LogP contribution in [0.25, 0.3) is 5.82 Å². The minimum atomic E-state index is -0.424. The van der Waals surface area contributed by atoms with Crippen LogP contribution in [0.15, 0.2) is 42.9 Å². The molecule has 3 N–H and O–H groups in total. The maximum atomic E-state index is 13.4. The Bertz CT molecular complexity index is 1470. The number of aromatic amines is 1. The molecule has 2 aliphatic heterocycles. The summed E-state index contributed by atoms with van der Waals surface area (Å²) in [6.07, 6.45) is 5.97. The fourth-order valence-electron chi connectivity index (χ4n) is 5.35. The first kappa shape index (κ1) is 24.8. The van der Waals surface area contributed by atoms with E-state index < -0.39 is 5.82 Å². The molecule has 0 saturated carbocycles. The lowest BCUT2D eigenvalue weighted by atomic mass is 10.1. The zero-order chi connectivity index (χ0) is 27.1. The SMILES string of the molecule is Cc1cc(N2C[C@H]3CC[C@@H](C2)N3C(=O)N[C@@H](C)c2ccc(-n3cc(F)cn3)nc2)nc(Nc2cc(C)[nH]n2)n1. The molecular weight excluding hydrogens is 501 g/mol. The van der Waals surface area contributed by atoms with Gasteiger partial charge in [-0.2, -0.15) is 15.2 Å². The Kier molecular flexibility index (Phi) is 6.33. The second-order valence-electron chi connectivity index (χ2n) is 10.2. The number of hydrogen-bond donors (Lipinski definition) is 3. The van der Waals surface area contributed by atoms with Crippen molar-refractivity contribution in [2.24, 2.45) is 0 Å². The number of nitrogens with one attached hydrogen (secondary N) is 3. The third-order valence-electron chi connectivity index (χ3n) is 7.22. The van der Waals surface area contributed by atoms with E-state index in [9.17, 15) is 9.18 Å². The van der Waals surface area contributed by atoms with Gasteiger partial charge in [0.25, 0.3) is 0 Å². The molecule has 2 amide bonds. The van der Waals surface area contributed by atoms with Crippen molar-refractivity contribution in [1.29, 1.82) is 0 Å². The van der Waals surface area contributed by atoms with Crippen LogP contribution in [0.4, 0.5) is 26.8 Å². The van der Waals surface area contributed by atoms with Gasteiger partial charge < -0.3 is 20.4 Å². The minimum Gasteiger partial charge on any atom is -0.352 e. The molecule has 2 bridgehead atoms. The van der Waals surface area contributed by atoms with Crippen molar-refractivity contribution in [3.05, 3.63) is 65.6 Å². The number of aromatic nitrogens is 7. The maximum Gasteiger partial charge on any atom is 0.318 e. The molecule has 13 heteroatoms. The van der Waals surface area contributed by atoms with Gasteiger partial charge in [0, 0.05) is 42.8 Å². The number of halogens is 1. The summed E-state index contributed by atoms with van der Waals surface area (Å²) in [5.74, 6) is 2.08. The third kappa shape index (κ3) is 5.11. The number of H-pyrrole nitrogens is 1. The smallest absolute Gasteiger partial charge is 0.318 e. The number of piperazine rings is 1. The fourth-order valence-corrected chi connectivity index (χ4v) is 5.35. The van der Waals surface area contributed by atoms with Gasteiger partial charge in [-0.05, 0) is 45.2 Å².